The second-order valence-corrected chi connectivity index (χ2v) is 5.24. The Morgan fingerprint density at radius 3 is 2.96 bits per heavy atom. The number of rotatable bonds is 7. The summed E-state index contributed by atoms with van der Waals surface area (Å²) >= 11 is 0. The summed E-state index contributed by atoms with van der Waals surface area (Å²) in [6.07, 6.45) is 0. The molecule has 7 heteroatoms. The number of carbonyl (C=O) groups excluding carboxylic acids is 1. The minimum atomic E-state index is -0.248. The van der Waals surface area contributed by atoms with Crippen LogP contribution in [0.5, 0.6) is 5.75 Å². The van der Waals surface area contributed by atoms with Crippen molar-refractivity contribution in [3.63, 3.8) is 0 Å². The molecule has 0 spiro atoms. The van der Waals surface area contributed by atoms with E-state index in [1.54, 1.807) is 0 Å². The van der Waals surface area contributed by atoms with Crippen LogP contribution in [0.3, 0.4) is 0 Å². The number of amides is 1. The highest BCUT2D eigenvalue weighted by Crippen LogP contribution is 2.11. The number of ether oxygens (including phenoxy) is 1. The predicted octanol–water partition coefficient (Wildman–Crippen LogP) is 1.36. The van der Waals surface area contributed by atoms with Gasteiger partial charge in [0.15, 0.2) is 6.61 Å². The number of nitrogens with zero attached hydrogens (tertiary/aromatic N) is 3. The summed E-state index contributed by atoms with van der Waals surface area (Å²) in [7, 11) is 0. The van der Waals surface area contributed by atoms with Crippen LogP contribution in [-0.2, 0) is 4.79 Å². The molecule has 3 aromatic rings. The average molecular weight is 326 g/mol. The lowest BCUT2D eigenvalue weighted by molar-refractivity contribution is -0.126. The quantitative estimate of drug-likeness (QED) is 0.663. The average Bonchev–Trinajstić information content (AvgIpc) is 3.00. The van der Waals surface area contributed by atoms with Crippen LogP contribution in [0.15, 0.2) is 48.5 Å². The lowest BCUT2D eigenvalue weighted by Gasteiger charge is -2.09. The highest BCUT2D eigenvalue weighted by Gasteiger charge is 2.07. The third-order valence-corrected chi connectivity index (χ3v) is 3.32. The van der Waals surface area contributed by atoms with Crippen LogP contribution in [0, 0.1) is 6.92 Å². The van der Waals surface area contributed by atoms with Crippen molar-refractivity contribution in [2.75, 3.05) is 19.8 Å². The Labute approximate surface area is 139 Å². The number of aromatic nitrogens is 3. The molecule has 0 aliphatic carbocycles. The van der Waals surface area contributed by atoms with Gasteiger partial charge < -0.3 is 14.9 Å². The first kappa shape index (κ1) is 15.8. The van der Waals surface area contributed by atoms with Gasteiger partial charge in [-0.2, -0.15) is 0 Å². The Morgan fingerprint density at radius 2 is 2.08 bits per heavy atom. The molecule has 24 heavy (non-hydrogen) atoms. The fraction of sp³-hybridized carbons (Fsp3) is 0.235. The second-order valence-electron chi connectivity index (χ2n) is 5.24. The van der Waals surface area contributed by atoms with Crippen LogP contribution in [0.4, 0.5) is 0 Å². The van der Waals surface area contributed by atoms with Crippen molar-refractivity contribution in [3.05, 3.63) is 54.1 Å². The first-order valence-corrected chi connectivity index (χ1v) is 7.62. The maximum absolute atomic E-state index is 11.8. The molecular formula is C17H18N4O3. The topological polar surface area (TPSA) is 78.3 Å². The Balaban J connectivity index is 1.40. The molecule has 1 N–H and O–H groups in total. The minimum Gasteiger partial charge on any atom is -0.492 e. The number of para-hydroxylation sites is 1. The zero-order chi connectivity index (χ0) is 16.8. The van der Waals surface area contributed by atoms with Crippen molar-refractivity contribution in [2.45, 2.75) is 6.92 Å². The van der Waals surface area contributed by atoms with Gasteiger partial charge in [-0.15, -0.1) is 5.10 Å². The Hall–Kier alpha value is -3.09. The van der Waals surface area contributed by atoms with E-state index >= 15 is 0 Å². The predicted molar refractivity (Wildman–Crippen MR) is 88.7 cm³/mol. The van der Waals surface area contributed by atoms with Gasteiger partial charge in [0, 0.05) is 0 Å². The smallest absolute Gasteiger partial charge is 0.260 e. The zero-order valence-electron chi connectivity index (χ0n) is 13.3. The molecule has 1 heterocycles. The second kappa shape index (κ2) is 7.45. The van der Waals surface area contributed by atoms with Crippen molar-refractivity contribution in [2.24, 2.45) is 0 Å². The molecule has 0 radical (unpaired) electrons. The third kappa shape index (κ3) is 4.01. The van der Waals surface area contributed by atoms with Gasteiger partial charge in [-0.25, -0.2) is 0 Å². The minimum absolute atomic E-state index is 0.141. The lowest BCUT2D eigenvalue weighted by Crippen LogP contribution is -2.34. The van der Waals surface area contributed by atoms with Crippen LogP contribution in [0.1, 0.15) is 5.56 Å². The SMILES string of the molecule is Cc1cccc(OCCNC(=O)COn2nnc3ccccc32)c1. The molecule has 0 fully saturated rings. The molecule has 0 saturated carbocycles. The fourth-order valence-corrected chi connectivity index (χ4v) is 2.18. The lowest BCUT2D eigenvalue weighted by atomic mass is 10.2. The van der Waals surface area contributed by atoms with Gasteiger partial charge in [0.1, 0.15) is 23.4 Å². The van der Waals surface area contributed by atoms with E-state index < -0.39 is 0 Å². The fourth-order valence-electron chi connectivity index (χ4n) is 2.18. The zero-order valence-corrected chi connectivity index (χ0v) is 13.3. The van der Waals surface area contributed by atoms with Gasteiger partial charge in [0.25, 0.3) is 5.91 Å². The van der Waals surface area contributed by atoms with Crippen LogP contribution in [-0.4, -0.2) is 40.8 Å². The van der Waals surface area contributed by atoms with Gasteiger partial charge in [-0.1, -0.05) is 29.1 Å². The van der Waals surface area contributed by atoms with Crippen molar-refractivity contribution in [3.8, 4) is 5.75 Å². The summed E-state index contributed by atoms with van der Waals surface area (Å²) in [6.45, 7) is 2.65. The normalized spacial score (nSPS) is 10.5. The summed E-state index contributed by atoms with van der Waals surface area (Å²) < 4.78 is 5.56. The van der Waals surface area contributed by atoms with Crippen LogP contribution < -0.4 is 14.9 Å². The van der Waals surface area contributed by atoms with Crippen LogP contribution >= 0.6 is 0 Å². The molecule has 0 aliphatic rings. The first-order chi connectivity index (χ1) is 11.7. The highest BCUT2D eigenvalue weighted by atomic mass is 16.7. The molecule has 3 rings (SSSR count). The molecule has 124 valence electrons. The van der Waals surface area contributed by atoms with E-state index in [1.807, 2.05) is 55.5 Å². The highest BCUT2D eigenvalue weighted by molar-refractivity contribution is 5.77. The number of hydrogen-bond donors (Lipinski definition) is 1. The van der Waals surface area contributed by atoms with E-state index in [-0.39, 0.29) is 12.5 Å². The van der Waals surface area contributed by atoms with Crippen LogP contribution in [0.25, 0.3) is 11.0 Å². The van der Waals surface area contributed by atoms with Crippen molar-refractivity contribution in [1.82, 2.24) is 20.5 Å². The number of hydrogen-bond acceptors (Lipinski definition) is 5. The van der Waals surface area contributed by atoms with E-state index in [2.05, 4.69) is 15.6 Å². The largest absolute Gasteiger partial charge is 0.492 e. The van der Waals surface area contributed by atoms with Gasteiger partial charge in [0.2, 0.25) is 0 Å². The number of aryl methyl sites for hydroxylation is 1. The Morgan fingerprint density at radius 1 is 1.21 bits per heavy atom. The Kier molecular flexibility index (Phi) is 4.90. The van der Waals surface area contributed by atoms with Gasteiger partial charge in [-0.05, 0) is 42.0 Å². The van der Waals surface area contributed by atoms with Crippen molar-refractivity contribution in [1.29, 1.82) is 0 Å². The molecule has 1 amide bonds. The maximum Gasteiger partial charge on any atom is 0.260 e. The van der Waals surface area contributed by atoms with Crippen LogP contribution in [0.2, 0.25) is 0 Å². The number of nitrogens with one attached hydrogen (secondary N) is 1. The maximum atomic E-state index is 11.8. The standard InChI is InChI=1S/C17H18N4O3/c1-13-5-4-6-14(11-13)23-10-9-18-17(22)12-24-21-16-8-3-2-7-15(16)19-20-21/h2-8,11H,9-10,12H2,1H3,(H,18,22). The molecule has 2 aromatic carbocycles. The molecule has 1 aromatic heterocycles. The third-order valence-electron chi connectivity index (χ3n) is 3.32. The van der Waals surface area contributed by atoms with E-state index in [0.717, 1.165) is 11.3 Å². The first-order valence-electron chi connectivity index (χ1n) is 7.62. The number of fused-ring (bicyclic) bond motifs is 1. The molecule has 7 nitrogen and oxygen atoms in total. The number of carbonyl (C=O) groups is 1. The molecule has 0 saturated heterocycles. The molecule has 0 bridgehead atoms. The van der Waals surface area contributed by atoms with Gasteiger partial charge in [-0.3, -0.25) is 4.79 Å². The van der Waals surface area contributed by atoms with E-state index in [9.17, 15) is 4.79 Å². The van der Waals surface area contributed by atoms with E-state index in [4.69, 9.17) is 9.57 Å². The van der Waals surface area contributed by atoms with E-state index in [1.165, 1.54) is 4.85 Å². The summed E-state index contributed by atoms with van der Waals surface area (Å²) in [6, 6.07) is 15.1. The summed E-state index contributed by atoms with van der Waals surface area (Å²) in [5.41, 5.74) is 2.56. The molecule has 0 unspecified atom stereocenters. The van der Waals surface area contributed by atoms with Crippen molar-refractivity contribution >= 4 is 16.9 Å². The monoisotopic (exact) mass is 326 g/mol. The summed E-state index contributed by atoms with van der Waals surface area (Å²) in [5.74, 6) is 0.539. The Bertz CT molecular complexity index is 831. The summed E-state index contributed by atoms with van der Waals surface area (Å²) in [5, 5.41) is 10.5. The molecule has 0 aliphatic heterocycles. The molecule has 0 atom stereocenters. The summed E-state index contributed by atoms with van der Waals surface area (Å²) in [4.78, 5) is 18.4. The molecular weight excluding hydrogens is 308 g/mol. The van der Waals surface area contributed by atoms with E-state index in [0.29, 0.717) is 24.2 Å². The van der Waals surface area contributed by atoms with Gasteiger partial charge in [0.05, 0.1) is 6.54 Å². The van der Waals surface area contributed by atoms with Crippen molar-refractivity contribution < 1.29 is 14.4 Å². The van der Waals surface area contributed by atoms with Gasteiger partial charge >= 0.3 is 0 Å². The number of benzene rings is 2.